The molecule has 2 fully saturated rings. The van der Waals surface area contributed by atoms with Gasteiger partial charge in [-0.3, -0.25) is 9.78 Å². The van der Waals surface area contributed by atoms with Gasteiger partial charge in [0.05, 0.1) is 21.2 Å². The molecule has 2 heterocycles. The SMILES string of the molecule is CC(Oc1ccc2c(-c3c(Cl)cc(F)cc3Cl)ccnc2c1)C(=O)N1CCCC(C2(O)CC2)C1. The van der Waals surface area contributed by atoms with Crippen LogP contribution in [0.3, 0.4) is 0 Å². The summed E-state index contributed by atoms with van der Waals surface area (Å²) in [6.45, 7) is 3.00. The summed E-state index contributed by atoms with van der Waals surface area (Å²) in [6, 6.07) is 9.61. The minimum Gasteiger partial charge on any atom is -0.481 e. The number of aliphatic hydroxyl groups is 1. The molecule has 2 aromatic carbocycles. The van der Waals surface area contributed by atoms with Crippen LogP contribution < -0.4 is 4.74 Å². The predicted octanol–water partition coefficient (Wildman–Crippen LogP) is 5.88. The second kappa shape index (κ2) is 8.99. The molecule has 0 spiro atoms. The minimum atomic E-state index is -0.672. The number of halogens is 3. The molecule has 1 aliphatic heterocycles. The summed E-state index contributed by atoms with van der Waals surface area (Å²) in [5.74, 6) is 0.0767. The first-order chi connectivity index (χ1) is 16.2. The second-order valence-corrected chi connectivity index (χ2v) is 10.1. The van der Waals surface area contributed by atoms with Crippen LogP contribution in [0.1, 0.15) is 32.6 Å². The van der Waals surface area contributed by atoms with Crippen LogP contribution in [-0.4, -0.2) is 45.7 Å². The smallest absolute Gasteiger partial charge is 0.263 e. The predicted molar refractivity (Wildman–Crippen MR) is 131 cm³/mol. The monoisotopic (exact) mass is 502 g/mol. The standard InChI is InChI=1S/C26H25Cl2FN2O3/c1-15(25(32)31-10-2-3-16(14-31)26(33)7-8-26)34-18-4-5-19-20(6-9-30-23(19)13-18)24-21(27)11-17(29)12-22(24)28/h4-6,9,11-13,15-16,33H,2-3,7-8,10,14H2,1H3. The Bertz CT molecular complexity index is 1240. The normalized spacial score (nSPS) is 20.3. The molecule has 8 heteroatoms. The minimum absolute atomic E-state index is 0.0827. The fourth-order valence-electron chi connectivity index (χ4n) is 4.88. The average Bonchev–Trinajstić information content (AvgIpc) is 3.56. The van der Waals surface area contributed by atoms with E-state index in [0.717, 1.165) is 36.6 Å². The van der Waals surface area contributed by atoms with E-state index in [1.54, 1.807) is 31.3 Å². The van der Waals surface area contributed by atoms with Crippen molar-refractivity contribution in [2.75, 3.05) is 13.1 Å². The van der Waals surface area contributed by atoms with Crippen LogP contribution in [0.4, 0.5) is 4.39 Å². The van der Waals surface area contributed by atoms with Crippen LogP contribution in [0.5, 0.6) is 5.75 Å². The molecule has 2 aliphatic rings. The molecule has 1 aliphatic carbocycles. The van der Waals surface area contributed by atoms with Crippen LogP contribution in [0.15, 0.2) is 42.6 Å². The van der Waals surface area contributed by atoms with E-state index in [0.29, 0.717) is 29.9 Å². The lowest BCUT2D eigenvalue weighted by Crippen LogP contribution is -2.48. The molecular formula is C26H25Cl2FN2O3. The van der Waals surface area contributed by atoms with Crippen molar-refractivity contribution in [2.24, 2.45) is 5.92 Å². The van der Waals surface area contributed by atoms with Gasteiger partial charge in [-0.05, 0) is 68.5 Å². The van der Waals surface area contributed by atoms with Crippen LogP contribution in [0, 0.1) is 11.7 Å². The third-order valence-corrected chi connectivity index (χ3v) is 7.50. The molecule has 3 aromatic rings. The third-order valence-electron chi connectivity index (χ3n) is 6.91. The Morgan fingerprint density at radius 1 is 1.24 bits per heavy atom. The van der Waals surface area contributed by atoms with Crippen molar-refractivity contribution in [3.8, 4) is 16.9 Å². The quantitative estimate of drug-likeness (QED) is 0.473. The first-order valence-electron chi connectivity index (χ1n) is 11.5. The fraction of sp³-hybridized carbons (Fsp3) is 0.385. The zero-order chi connectivity index (χ0) is 24.0. The number of benzene rings is 2. The molecule has 1 N–H and O–H groups in total. The van der Waals surface area contributed by atoms with Crippen molar-refractivity contribution in [1.29, 1.82) is 0 Å². The zero-order valence-corrected chi connectivity index (χ0v) is 20.2. The highest BCUT2D eigenvalue weighted by Crippen LogP contribution is 2.45. The van der Waals surface area contributed by atoms with Crippen LogP contribution >= 0.6 is 23.2 Å². The molecule has 1 saturated carbocycles. The van der Waals surface area contributed by atoms with Gasteiger partial charge in [-0.1, -0.05) is 23.2 Å². The third kappa shape index (κ3) is 4.47. The first kappa shape index (κ1) is 23.3. The van der Waals surface area contributed by atoms with Gasteiger partial charge in [-0.2, -0.15) is 0 Å². The molecule has 1 saturated heterocycles. The summed E-state index contributed by atoms with van der Waals surface area (Å²) < 4.78 is 19.6. The maximum Gasteiger partial charge on any atom is 0.263 e. The van der Waals surface area contributed by atoms with E-state index < -0.39 is 17.5 Å². The molecular weight excluding hydrogens is 478 g/mol. The molecule has 1 aromatic heterocycles. The highest BCUT2D eigenvalue weighted by atomic mass is 35.5. The number of aromatic nitrogens is 1. The number of likely N-dealkylation sites (tertiary alicyclic amines) is 1. The summed E-state index contributed by atoms with van der Waals surface area (Å²) >= 11 is 12.6. The van der Waals surface area contributed by atoms with E-state index in [1.807, 2.05) is 11.0 Å². The summed E-state index contributed by atoms with van der Waals surface area (Å²) in [7, 11) is 0. The lowest BCUT2D eigenvalue weighted by molar-refractivity contribution is -0.141. The first-order valence-corrected chi connectivity index (χ1v) is 12.2. The van der Waals surface area contributed by atoms with Crippen molar-refractivity contribution >= 4 is 40.0 Å². The molecule has 2 atom stereocenters. The van der Waals surface area contributed by atoms with E-state index in [9.17, 15) is 14.3 Å². The Balaban J connectivity index is 1.35. The van der Waals surface area contributed by atoms with Crippen molar-refractivity contribution in [1.82, 2.24) is 9.88 Å². The lowest BCUT2D eigenvalue weighted by atomic mass is 9.90. The molecule has 0 radical (unpaired) electrons. The van der Waals surface area contributed by atoms with Gasteiger partial charge in [0.2, 0.25) is 0 Å². The number of hydrogen-bond donors (Lipinski definition) is 1. The fourth-order valence-corrected chi connectivity index (χ4v) is 5.55. The Labute approximate surface area is 207 Å². The largest absolute Gasteiger partial charge is 0.481 e. The number of hydrogen-bond acceptors (Lipinski definition) is 4. The molecule has 0 bridgehead atoms. The number of carbonyl (C=O) groups is 1. The summed E-state index contributed by atoms with van der Waals surface area (Å²) in [6.07, 6.45) is 4.45. The van der Waals surface area contributed by atoms with Gasteiger partial charge in [-0.25, -0.2) is 4.39 Å². The molecule has 1 amide bonds. The van der Waals surface area contributed by atoms with Crippen LogP contribution in [0.25, 0.3) is 22.0 Å². The van der Waals surface area contributed by atoms with Gasteiger partial charge in [-0.15, -0.1) is 0 Å². The van der Waals surface area contributed by atoms with E-state index >= 15 is 0 Å². The van der Waals surface area contributed by atoms with E-state index in [-0.39, 0.29) is 21.9 Å². The number of carbonyl (C=O) groups excluding carboxylic acids is 1. The highest BCUT2D eigenvalue weighted by Gasteiger charge is 2.49. The number of fused-ring (bicyclic) bond motifs is 1. The van der Waals surface area contributed by atoms with Gasteiger partial charge in [0.15, 0.2) is 6.10 Å². The van der Waals surface area contributed by atoms with E-state index in [4.69, 9.17) is 27.9 Å². The van der Waals surface area contributed by atoms with Gasteiger partial charge in [0.25, 0.3) is 5.91 Å². The molecule has 178 valence electrons. The maximum atomic E-state index is 13.7. The summed E-state index contributed by atoms with van der Waals surface area (Å²) in [5, 5.41) is 11.7. The molecule has 34 heavy (non-hydrogen) atoms. The lowest BCUT2D eigenvalue weighted by Gasteiger charge is -2.36. The Morgan fingerprint density at radius 2 is 1.97 bits per heavy atom. The number of piperidine rings is 1. The number of amides is 1. The Morgan fingerprint density at radius 3 is 2.68 bits per heavy atom. The summed E-state index contributed by atoms with van der Waals surface area (Å²) in [4.78, 5) is 19.3. The zero-order valence-electron chi connectivity index (χ0n) is 18.7. The second-order valence-electron chi connectivity index (χ2n) is 9.27. The molecule has 2 unspecified atom stereocenters. The van der Waals surface area contributed by atoms with Crippen molar-refractivity contribution in [3.63, 3.8) is 0 Å². The van der Waals surface area contributed by atoms with Gasteiger partial charge in [0, 0.05) is 42.2 Å². The highest BCUT2D eigenvalue weighted by molar-refractivity contribution is 6.39. The van der Waals surface area contributed by atoms with Gasteiger partial charge < -0.3 is 14.7 Å². The maximum absolute atomic E-state index is 13.7. The Hall–Kier alpha value is -2.41. The van der Waals surface area contributed by atoms with E-state index in [2.05, 4.69) is 4.98 Å². The topological polar surface area (TPSA) is 62.7 Å². The molecule has 5 rings (SSSR count). The number of ether oxygens (including phenoxy) is 1. The number of pyridine rings is 1. The van der Waals surface area contributed by atoms with Crippen molar-refractivity contribution < 1.29 is 19.0 Å². The Kier molecular flexibility index (Phi) is 6.17. The number of nitrogens with zero attached hydrogens (tertiary/aromatic N) is 2. The summed E-state index contributed by atoms with van der Waals surface area (Å²) in [5.41, 5.74) is 1.32. The van der Waals surface area contributed by atoms with Gasteiger partial charge in [0.1, 0.15) is 11.6 Å². The number of rotatable bonds is 5. The van der Waals surface area contributed by atoms with Crippen molar-refractivity contribution in [2.45, 2.75) is 44.3 Å². The average molecular weight is 503 g/mol. The van der Waals surface area contributed by atoms with Gasteiger partial charge >= 0.3 is 0 Å². The molecule has 5 nitrogen and oxygen atoms in total. The van der Waals surface area contributed by atoms with Crippen LogP contribution in [0.2, 0.25) is 10.0 Å². The van der Waals surface area contributed by atoms with Crippen molar-refractivity contribution in [3.05, 3.63) is 58.5 Å². The van der Waals surface area contributed by atoms with Crippen LogP contribution in [-0.2, 0) is 4.79 Å². The van der Waals surface area contributed by atoms with E-state index in [1.165, 1.54) is 12.1 Å².